The first-order valence-corrected chi connectivity index (χ1v) is 10.7. The fraction of sp³-hybridized carbons (Fsp3) is 0.571. The highest BCUT2D eigenvalue weighted by molar-refractivity contribution is 6.30. The molecule has 8 heteroatoms. The lowest BCUT2D eigenvalue weighted by molar-refractivity contribution is -0.125. The molecule has 1 aliphatic heterocycles. The first-order valence-electron chi connectivity index (χ1n) is 10.3. The van der Waals surface area contributed by atoms with E-state index in [2.05, 4.69) is 10.6 Å². The Kier molecular flexibility index (Phi) is 7.50. The number of halogens is 1. The van der Waals surface area contributed by atoms with Crippen LogP contribution in [0.25, 0.3) is 0 Å². The van der Waals surface area contributed by atoms with E-state index in [0.717, 1.165) is 25.7 Å². The van der Waals surface area contributed by atoms with Crippen LogP contribution >= 0.6 is 11.6 Å². The summed E-state index contributed by atoms with van der Waals surface area (Å²) in [5, 5.41) is 5.96. The highest BCUT2D eigenvalue weighted by Gasteiger charge is 2.29. The van der Waals surface area contributed by atoms with Crippen molar-refractivity contribution in [3.05, 3.63) is 34.9 Å². The van der Waals surface area contributed by atoms with Crippen molar-refractivity contribution in [3.63, 3.8) is 0 Å². The van der Waals surface area contributed by atoms with Gasteiger partial charge in [0.25, 0.3) is 5.91 Å². The molecule has 1 aromatic rings. The number of imide groups is 1. The third kappa shape index (κ3) is 5.93. The van der Waals surface area contributed by atoms with Gasteiger partial charge in [-0.2, -0.15) is 0 Å². The summed E-state index contributed by atoms with van der Waals surface area (Å²) >= 11 is 5.88. The average molecular weight is 421 g/mol. The SMILES string of the molecule is CC(C(=O)NC(=O)NC1CCCCC1)N1CCN(C(=O)c2ccc(Cl)cc2)CC1. The topological polar surface area (TPSA) is 81.8 Å². The third-order valence-electron chi connectivity index (χ3n) is 5.80. The fourth-order valence-electron chi connectivity index (χ4n) is 3.94. The number of carbonyl (C=O) groups is 3. The molecule has 0 spiro atoms. The number of nitrogens with one attached hydrogen (secondary N) is 2. The predicted octanol–water partition coefficient (Wildman–Crippen LogP) is 2.64. The summed E-state index contributed by atoms with van der Waals surface area (Å²) in [6.45, 7) is 4.02. The zero-order valence-electron chi connectivity index (χ0n) is 16.8. The van der Waals surface area contributed by atoms with E-state index in [-0.39, 0.29) is 17.9 Å². The van der Waals surface area contributed by atoms with Crippen molar-refractivity contribution in [1.82, 2.24) is 20.4 Å². The normalized spacial score (nSPS) is 19.4. The van der Waals surface area contributed by atoms with Crippen molar-refractivity contribution in [1.29, 1.82) is 0 Å². The molecule has 0 aromatic heterocycles. The Morgan fingerprint density at radius 1 is 1.00 bits per heavy atom. The third-order valence-corrected chi connectivity index (χ3v) is 6.05. The van der Waals surface area contributed by atoms with E-state index >= 15 is 0 Å². The first-order chi connectivity index (χ1) is 13.9. The summed E-state index contributed by atoms with van der Waals surface area (Å²) in [6, 6.07) is 6.17. The van der Waals surface area contributed by atoms with Gasteiger partial charge in [-0.05, 0) is 44.0 Å². The quantitative estimate of drug-likeness (QED) is 0.784. The Hall–Kier alpha value is -2.12. The molecule has 3 rings (SSSR count). The van der Waals surface area contributed by atoms with Crippen LogP contribution in [0.5, 0.6) is 0 Å². The molecule has 2 N–H and O–H groups in total. The highest BCUT2D eigenvalue weighted by Crippen LogP contribution is 2.17. The molecule has 2 fully saturated rings. The number of urea groups is 1. The second kappa shape index (κ2) is 10.1. The summed E-state index contributed by atoms with van der Waals surface area (Å²) < 4.78 is 0. The van der Waals surface area contributed by atoms with E-state index < -0.39 is 12.1 Å². The van der Waals surface area contributed by atoms with Gasteiger partial charge in [0, 0.05) is 42.8 Å². The number of amides is 4. The standard InChI is InChI=1S/C21H29ClN4O3/c1-15(19(27)24-21(29)23-18-5-3-2-4-6-18)25-11-13-26(14-12-25)20(28)16-7-9-17(22)10-8-16/h7-10,15,18H,2-6,11-14H2,1H3,(H2,23,24,27,29). The molecule has 0 radical (unpaired) electrons. The van der Waals surface area contributed by atoms with Gasteiger partial charge in [-0.1, -0.05) is 30.9 Å². The van der Waals surface area contributed by atoms with Crippen LogP contribution in [-0.2, 0) is 4.79 Å². The molecule has 1 saturated carbocycles. The molecule has 1 heterocycles. The number of benzene rings is 1. The van der Waals surface area contributed by atoms with E-state index in [1.54, 1.807) is 36.1 Å². The number of nitrogens with zero attached hydrogens (tertiary/aromatic N) is 2. The lowest BCUT2D eigenvalue weighted by Gasteiger charge is -2.37. The Morgan fingerprint density at radius 2 is 1.62 bits per heavy atom. The number of piperazine rings is 1. The molecule has 1 aromatic carbocycles. The van der Waals surface area contributed by atoms with Gasteiger partial charge in [-0.15, -0.1) is 0 Å². The minimum absolute atomic E-state index is 0.0368. The van der Waals surface area contributed by atoms with Crippen molar-refractivity contribution in [2.75, 3.05) is 26.2 Å². The van der Waals surface area contributed by atoms with E-state index in [1.807, 2.05) is 4.90 Å². The minimum atomic E-state index is -0.431. The van der Waals surface area contributed by atoms with Crippen molar-refractivity contribution < 1.29 is 14.4 Å². The molecule has 7 nitrogen and oxygen atoms in total. The van der Waals surface area contributed by atoms with E-state index in [1.165, 1.54) is 6.42 Å². The first kappa shape index (κ1) is 21.6. The molecule has 4 amide bonds. The largest absolute Gasteiger partial charge is 0.336 e. The Morgan fingerprint density at radius 3 is 2.24 bits per heavy atom. The van der Waals surface area contributed by atoms with Crippen molar-refractivity contribution in [2.24, 2.45) is 0 Å². The van der Waals surface area contributed by atoms with Crippen LogP contribution in [0.15, 0.2) is 24.3 Å². The molecular formula is C21H29ClN4O3. The van der Waals surface area contributed by atoms with Crippen molar-refractivity contribution >= 4 is 29.4 Å². The van der Waals surface area contributed by atoms with E-state index in [0.29, 0.717) is 36.8 Å². The van der Waals surface area contributed by atoms with E-state index in [9.17, 15) is 14.4 Å². The highest BCUT2D eigenvalue weighted by atomic mass is 35.5. The maximum atomic E-state index is 12.6. The van der Waals surface area contributed by atoms with Crippen LogP contribution in [0.4, 0.5) is 4.79 Å². The predicted molar refractivity (Wildman–Crippen MR) is 112 cm³/mol. The molecule has 1 unspecified atom stereocenters. The second-order valence-electron chi connectivity index (χ2n) is 7.81. The van der Waals surface area contributed by atoms with Gasteiger partial charge in [-0.3, -0.25) is 19.8 Å². The van der Waals surface area contributed by atoms with Gasteiger partial charge < -0.3 is 10.2 Å². The van der Waals surface area contributed by atoms with Crippen LogP contribution in [0.3, 0.4) is 0 Å². The molecular weight excluding hydrogens is 392 g/mol. The molecule has 1 aliphatic carbocycles. The number of hydrogen-bond acceptors (Lipinski definition) is 4. The molecule has 0 bridgehead atoms. The second-order valence-corrected chi connectivity index (χ2v) is 8.25. The van der Waals surface area contributed by atoms with Gasteiger partial charge in [0.1, 0.15) is 0 Å². The Bertz CT molecular complexity index is 726. The zero-order valence-corrected chi connectivity index (χ0v) is 17.6. The molecule has 2 aliphatic rings. The summed E-state index contributed by atoms with van der Waals surface area (Å²) in [5.41, 5.74) is 0.605. The van der Waals surface area contributed by atoms with E-state index in [4.69, 9.17) is 11.6 Å². The van der Waals surface area contributed by atoms with Crippen LogP contribution in [-0.4, -0.2) is 65.9 Å². The maximum Gasteiger partial charge on any atom is 0.321 e. The monoisotopic (exact) mass is 420 g/mol. The van der Waals surface area contributed by atoms with Gasteiger partial charge in [0.15, 0.2) is 0 Å². The van der Waals surface area contributed by atoms with Crippen LogP contribution < -0.4 is 10.6 Å². The van der Waals surface area contributed by atoms with Gasteiger partial charge in [0.2, 0.25) is 5.91 Å². The molecule has 1 atom stereocenters. The number of rotatable bonds is 4. The van der Waals surface area contributed by atoms with Crippen LogP contribution in [0, 0.1) is 0 Å². The zero-order chi connectivity index (χ0) is 20.8. The van der Waals surface area contributed by atoms with Crippen LogP contribution in [0.2, 0.25) is 5.02 Å². The number of carbonyl (C=O) groups excluding carboxylic acids is 3. The lowest BCUT2D eigenvalue weighted by Crippen LogP contribution is -2.56. The molecule has 1 saturated heterocycles. The summed E-state index contributed by atoms with van der Waals surface area (Å²) in [6.07, 6.45) is 5.40. The Balaban J connectivity index is 1.44. The number of hydrogen-bond donors (Lipinski definition) is 2. The van der Waals surface area contributed by atoms with Crippen LogP contribution in [0.1, 0.15) is 49.4 Å². The van der Waals surface area contributed by atoms with Crippen molar-refractivity contribution in [2.45, 2.75) is 51.1 Å². The minimum Gasteiger partial charge on any atom is -0.336 e. The Labute approximate surface area is 176 Å². The summed E-state index contributed by atoms with van der Waals surface area (Å²) in [4.78, 5) is 40.9. The molecule has 29 heavy (non-hydrogen) atoms. The fourth-order valence-corrected chi connectivity index (χ4v) is 4.06. The maximum absolute atomic E-state index is 12.6. The van der Waals surface area contributed by atoms with Gasteiger partial charge >= 0.3 is 6.03 Å². The summed E-state index contributed by atoms with van der Waals surface area (Å²) in [5.74, 6) is -0.346. The van der Waals surface area contributed by atoms with Gasteiger partial charge in [-0.25, -0.2) is 4.79 Å². The smallest absolute Gasteiger partial charge is 0.321 e. The molecule has 158 valence electrons. The van der Waals surface area contributed by atoms with Crippen molar-refractivity contribution in [3.8, 4) is 0 Å². The average Bonchev–Trinajstić information content (AvgIpc) is 2.74. The lowest BCUT2D eigenvalue weighted by atomic mass is 9.96. The van der Waals surface area contributed by atoms with Gasteiger partial charge in [0.05, 0.1) is 6.04 Å². The summed E-state index contributed by atoms with van der Waals surface area (Å²) in [7, 11) is 0.